The van der Waals surface area contributed by atoms with Gasteiger partial charge in [0.05, 0.1) is 36.8 Å². The van der Waals surface area contributed by atoms with Crippen LogP contribution in [0.2, 0.25) is 0 Å². The Bertz CT molecular complexity index is 1690. The number of aliphatic hydroxyl groups excluding tert-OH is 1. The van der Waals surface area contributed by atoms with E-state index in [1.165, 1.54) is 4.90 Å². The average molecular weight is 607 g/mol. The number of fused-ring (bicyclic) bond motifs is 2. The summed E-state index contributed by atoms with van der Waals surface area (Å²) in [6, 6.07) is 5.76. The molecule has 0 saturated carbocycles. The fraction of sp³-hybridized carbons (Fsp3) is 0.516. The van der Waals surface area contributed by atoms with Crippen LogP contribution < -0.4 is 10.2 Å². The van der Waals surface area contributed by atoms with Crippen molar-refractivity contribution >= 4 is 35.1 Å². The molecule has 13 heteroatoms. The molecule has 0 spiro atoms. The number of hydrogen-bond acceptors (Lipinski definition) is 8. The number of carbonyl (C=O) groups excluding carboxylic acids is 1. The summed E-state index contributed by atoms with van der Waals surface area (Å²) in [6.45, 7) is 14.5. The van der Waals surface area contributed by atoms with Crippen LogP contribution in [0.25, 0.3) is 11.3 Å². The summed E-state index contributed by atoms with van der Waals surface area (Å²) in [7, 11) is 0. The van der Waals surface area contributed by atoms with Gasteiger partial charge < -0.3 is 29.6 Å². The highest BCUT2D eigenvalue weighted by atomic mass is 16.6. The zero-order valence-corrected chi connectivity index (χ0v) is 26.4. The molecule has 4 aromatic heterocycles. The second-order valence-electron chi connectivity index (χ2n) is 12.9. The first kappa shape index (κ1) is 31.0. The molecule has 0 aromatic carbocycles. The van der Waals surface area contributed by atoms with Crippen LogP contribution in [-0.4, -0.2) is 82.6 Å². The van der Waals surface area contributed by atoms with Crippen LogP contribution >= 0.6 is 0 Å². The predicted molar refractivity (Wildman–Crippen MR) is 166 cm³/mol. The zero-order valence-electron chi connectivity index (χ0n) is 26.4. The van der Waals surface area contributed by atoms with Gasteiger partial charge in [0, 0.05) is 36.8 Å². The standard InChI is InChI=1S/C31H42N8O5/c1-18(2)22-15-33-39-27(13-25(35-28(22)39)32-14-21-9-10-36(29(41)42)17-24(21)40)38(30(43)44-31(5,6)7)16-23-20(4)34-26-12-19(3)8-11-37(23)26/h8,11-13,15,18,21,24,40H,9-10,14,16-17H2,1-7H3,(H,32,35)(H,41,42)/t21-,24+/m1/s1. The van der Waals surface area contributed by atoms with Crippen molar-refractivity contribution in [3.63, 3.8) is 0 Å². The molecule has 1 saturated heterocycles. The number of aromatic nitrogens is 5. The molecule has 13 nitrogen and oxygen atoms in total. The number of aryl methyl sites for hydroxylation is 2. The summed E-state index contributed by atoms with van der Waals surface area (Å²) in [5, 5.41) is 28.0. The maximum atomic E-state index is 13.9. The Hall–Kier alpha value is -4.39. The van der Waals surface area contributed by atoms with E-state index in [1.54, 1.807) is 21.7 Å². The molecule has 236 valence electrons. The molecule has 1 aliphatic heterocycles. The smallest absolute Gasteiger partial charge is 0.416 e. The first-order valence-electron chi connectivity index (χ1n) is 14.9. The van der Waals surface area contributed by atoms with E-state index in [0.717, 1.165) is 28.2 Å². The van der Waals surface area contributed by atoms with E-state index in [9.17, 15) is 19.8 Å². The van der Waals surface area contributed by atoms with Crippen molar-refractivity contribution in [1.29, 1.82) is 0 Å². The molecule has 4 aromatic rings. The van der Waals surface area contributed by atoms with E-state index in [1.807, 2.05) is 57.3 Å². The minimum atomic E-state index is -1.03. The molecule has 0 radical (unpaired) electrons. The lowest BCUT2D eigenvalue weighted by Crippen LogP contribution is -2.47. The van der Waals surface area contributed by atoms with Crippen LogP contribution in [0.15, 0.2) is 30.6 Å². The van der Waals surface area contributed by atoms with E-state index in [4.69, 9.17) is 14.7 Å². The van der Waals surface area contributed by atoms with E-state index in [0.29, 0.717) is 36.8 Å². The number of amides is 2. The topological polar surface area (TPSA) is 150 Å². The maximum Gasteiger partial charge on any atom is 0.416 e. The normalized spacial score (nSPS) is 17.4. The number of piperidine rings is 1. The van der Waals surface area contributed by atoms with Gasteiger partial charge in [0.15, 0.2) is 5.65 Å². The quantitative estimate of drug-likeness (QED) is 0.269. The molecular formula is C31H42N8O5. The van der Waals surface area contributed by atoms with E-state index in [2.05, 4.69) is 24.3 Å². The Morgan fingerprint density at radius 1 is 1.20 bits per heavy atom. The number of nitrogens with one attached hydrogen (secondary N) is 1. The molecule has 1 fully saturated rings. The molecule has 44 heavy (non-hydrogen) atoms. The number of β-amino-alcohol motifs (C(OH)–C–C–N with tert-alkyl or cyclic N) is 1. The number of nitrogens with zero attached hydrogens (tertiary/aromatic N) is 7. The number of aliphatic hydroxyl groups is 1. The van der Waals surface area contributed by atoms with Gasteiger partial charge in [-0.2, -0.15) is 9.61 Å². The Morgan fingerprint density at radius 3 is 2.61 bits per heavy atom. The number of carbonyl (C=O) groups is 2. The van der Waals surface area contributed by atoms with Crippen LogP contribution in [-0.2, 0) is 11.3 Å². The predicted octanol–water partition coefficient (Wildman–Crippen LogP) is 4.83. The molecule has 1 aliphatic rings. The number of anilines is 2. The summed E-state index contributed by atoms with van der Waals surface area (Å²) >= 11 is 0. The summed E-state index contributed by atoms with van der Waals surface area (Å²) in [5.74, 6) is 0.903. The van der Waals surface area contributed by atoms with Crippen molar-refractivity contribution in [3.8, 4) is 0 Å². The molecule has 5 rings (SSSR count). The molecule has 0 aliphatic carbocycles. The number of hydrogen-bond donors (Lipinski definition) is 3. The molecule has 3 N–H and O–H groups in total. The second-order valence-corrected chi connectivity index (χ2v) is 12.9. The summed E-state index contributed by atoms with van der Waals surface area (Å²) in [6.07, 6.45) is 1.84. The fourth-order valence-electron chi connectivity index (χ4n) is 5.49. The van der Waals surface area contributed by atoms with E-state index < -0.39 is 23.9 Å². The molecule has 0 bridgehead atoms. The van der Waals surface area contributed by atoms with Gasteiger partial charge in [-0.25, -0.2) is 19.6 Å². The van der Waals surface area contributed by atoms with Crippen molar-refractivity contribution in [2.75, 3.05) is 29.9 Å². The number of imidazole rings is 1. The van der Waals surface area contributed by atoms with Crippen molar-refractivity contribution in [2.24, 2.45) is 5.92 Å². The van der Waals surface area contributed by atoms with Crippen molar-refractivity contribution in [1.82, 2.24) is 28.9 Å². The van der Waals surface area contributed by atoms with Crippen LogP contribution in [0.4, 0.5) is 21.2 Å². The molecule has 5 heterocycles. The number of likely N-dealkylation sites (tertiary alicyclic amines) is 1. The third-order valence-corrected chi connectivity index (χ3v) is 7.92. The highest BCUT2D eigenvalue weighted by Gasteiger charge is 2.31. The third-order valence-electron chi connectivity index (χ3n) is 7.92. The largest absolute Gasteiger partial charge is 0.465 e. The van der Waals surface area contributed by atoms with Crippen LogP contribution in [0, 0.1) is 19.8 Å². The summed E-state index contributed by atoms with van der Waals surface area (Å²) < 4.78 is 9.54. The monoisotopic (exact) mass is 606 g/mol. The van der Waals surface area contributed by atoms with Gasteiger partial charge in [-0.1, -0.05) is 13.8 Å². The van der Waals surface area contributed by atoms with Gasteiger partial charge in [-0.3, -0.25) is 4.90 Å². The fourth-order valence-corrected chi connectivity index (χ4v) is 5.49. The van der Waals surface area contributed by atoms with Gasteiger partial charge >= 0.3 is 12.2 Å². The van der Waals surface area contributed by atoms with Crippen LogP contribution in [0.1, 0.15) is 69.5 Å². The van der Waals surface area contributed by atoms with Crippen molar-refractivity contribution < 1.29 is 24.5 Å². The Labute approximate surface area is 256 Å². The molecular weight excluding hydrogens is 564 g/mol. The lowest BCUT2D eigenvalue weighted by atomic mass is 9.94. The number of carboxylic acid groups (broad SMARTS) is 1. The van der Waals surface area contributed by atoms with E-state index >= 15 is 0 Å². The SMILES string of the molecule is Cc1ccn2c(CN(C(=O)OC(C)(C)C)c3cc(NC[C@H]4CCN(C(=O)O)C[C@@H]4O)nc4c(C(C)C)cnn34)c(C)nc2c1. The molecule has 2 amide bonds. The lowest BCUT2D eigenvalue weighted by Gasteiger charge is -2.34. The van der Waals surface area contributed by atoms with Crippen LogP contribution in [0.5, 0.6) is 0 Å². The number of ether oxygens (including phenoxy) is 1. The summed E-state index contributed by atoms with van der Waals surface area (Å²) in [5.41, 5.74) is 4.25. The number of rotatable bonds is 7. The van der Waals surface area contributed by atoms with Gasteiger partial charge in [-0.05, 0) is 64.7 Å². The first-order chi connectivity index (χ1) is 20.7. The number of pyridine rings is 1. The highest BCUT2D eigenvalue weighted by Crippen LogP contribution is 2.30. The third kappa shape index (κ3) is 6.42. The molecule has 2 atom stereocenters. The van der Waals surface area contributed by atoms with Gasteiger partial charge in [0.1, 0.15) is 22.9 Å². The Balaban J connectivity index is 1.56. The summed E-state index contributed by atoms with van der Waals surface area (Å²) in [4.78, 5) is 37.7. The zero-order chi connectivity index (χ0) is 31.9. The minimum absolute atomic E-state index is 0.0596. The minimum Gasteiger partial charge on any atom is -0.465 e. The first-order valence-corrected chi connectivity index (χ1v) is 14.9. The second kappa shape index (κ2) is 11.9. The maximum absolute atomic E-state index is 13.9. The van der Waals surface area contributed by atoms with Gasteiger partial charge in [0.25, 0.3) is 0 Å². The lowest BCUT2D eigenvalue weighted by molar-refractivity contribution is 0.0294. The van der Waals surface area contributed by atoms with Crippen molar-refractivity contribution in [2.45, 2.75) is 79.1 Å². The van der Waals surface area contributed by atoms with Crippen molar-refractivity contribution in [3.05, 3.63) is 53.1 Å². The highest BCUT2D eigenvalue weighted by molar-refractivity contribution is 5.88. The Kier molecular flexibility index (Phi) is 8.43. The van der Waals surface area contributed by atoms with Gasteiger partial charge in [-0.15, -0.1) is 0 Å². The molecule has 0 unspecified atom stereocenters. The average Bonchev–Trinajstić information content (AvgIpc) is 3.49. The van der Waals surface area contributed by atoms with Crippen LogP contribution in [0.3, 0.4) is 0 Å². The van der Waals surface area contributed by atoms with E-state index in [-0.39, 0.29) is 24.9 Å². The Morgan fingerprint density at radius 2 is 1.95 bits per heavy atom. The van der Waals surface area contributed by atoms with Gasteiger partial charge in [0.2, 0.25) is 0 Å².